The summed E-state index contributed by atoms with van der Waals surface area (Å²) in [5, 5.41) is 8.49. The zero-order chi connectivity index (χ0) is 15.5. The van der Waals surface area contributed by atoms with Crippen molar-refractivity contribution in [1.82, 2.24) is 20.9 Å². The van der Waals surface area contributed by atoms with Crippen LogP contribution in [-0.4, -0.2) is 28.9 Å². The van der Waals surface area contributed by atoms with E-state index in [-0.39, 0.29) is 24.7 Å². The Morgan fingerprint density at radius 3 is 2.77 bits per heavy atom. The van der Waals surface area contributed by atoms with Crippen molar-refractivity contribution in [3.8, 4) is 0 Å². The van der Waals surface area contributed by atoms with Gasteiger partial charge in [0.1, 0.15) is 6.04 Å². The molecule has 7 nitrogen and oxygen atoms in total. The Balaban J connectivity index is 1.48. The van der Waals surface area contributed by atoms with Gasteiger partial charge in [0.05, 0.1) is 6.54 Å². The molecule has 1 aliphatic rings. The number of carbonyl (C=O) groups excluding carboxylic acids is 3. The van der Waals surface area contributed by atoms with Gasteiger partial charge in [-0.15, -0.1) is 0 Å². The normalized spacial score (nSPS) is 17.4. The molecule has 4 N–H and O–H groups in total. The minimum Gasteiger partial charge on any atom is -0.357 e. The maximum Gasteiger partial charge on any atom is 0.322 e. The summed E-state index contributed by atoms with van der Waals surface area (Å²) < 4.78 is 0. The van der Waals surface area contributed by atoms with Crippen LogP contribution in [-0.2, 0) is 16.1 Å². The van der Waals surface area contributed by atoms with Crippen LogP contribution in [0.4, 0.5) is 4.79 Å². The predicted octanol–water partition coefficient (Wildman–Crippen LogP) is 0.772. The topological polar surface area (TPSA) is 103 Å². The van der Waals surface area contributed by atoms with Crippen molar-refractivity contribution in [3.63, 3.8) is 0 Å². The Morgan fingerprint density at radius 1 is 1.23 bits per heavy atom. The lowest BCUT2D eigenvalue weighted by atomic mass is 10.1. The molecular formula is C15H16N4O3. The second-order valence-corrected chi connectivity index (χ2v) is 5.21. The largest absolute Gasteiger partial charge is 0.357 e. The monoisotopic (exact) mass is 300 g/mol. The summed E-state index contributed by atoms with van der Waals surface area (Å²) in [5.74, 6) is -0.541. The summed E-state index contributed by atoms with van der Waals surface area (Å²) >= 11 is 0. The number of urea groups is 1. The summed E-state index contributed by atoms with van der Waals surface area (Å²) in [7, 11) is 0. The van der Waals surface area contributed by atoms with Crippen molar-refractivity contribution in [2.24, 2.45) is 0 Å². The standard InChI is InChI=1S/C15H16N4O3/c20-13(6-5-12-14(21)19-15(22)18-12)16-8-10-7-9-3-1-2-4-11(9)17-10/h1-4,7,12,17H,5-6,8H2,(H,16,20)(H2,18,19,21,22)/t12-/m0/s1. The molecule has 7 heteroatoms. The zero-order valence-corrected chi connectivity index (χ0v) is 11.8. The molecule has 0 bridgehead atoms. The number of aromatic amines is 1. The summed E-state index contributed by atoms with van der Waals surface area (Å²) in [5.41, 5.74) is 1.94. The lowest BCUT2D eigenvalue weighted by Gasteiger charge is -2.07. The quantitative estimate of drug-likeness (QED) is 0.613. The smallest absolute Gasteiger partial charge is 0.322 e. The van der Waals surface area contributed by atoms with E-state index in [1.54, 1.807) is 0 Å². The van der Waals surface area contributed by atoms with Gasteiger partial charge in [-0.2, -0.15) is 0 Å². The first-order valence-electron chi connectivity index (χ1n) is 7.06. The van der Waals surface area contributed by atoms with Crippen LogP contribution in [0, 0.1) is 0 Å². The first-order valence-corrected chi connectivity index (χ1v) is 7.06. The predicted molar refractivity (Wildman–Crippen MR) is 79.8 cm³/mol. The number of amides is 4. The summed E-state index contributed by atoms with van der Waals surface area (Å²) in [4.78, 5) is 37.3. The fraction of sp³-hybridized carbons (Fsp3) is 0.267. The van der Waals surface area contributed by atoms with Crippen molar-refractivity contribution < 1.29 is 14.4 Å². The lowest BCUT2D eigenvalue weighted by molar-refractivity contribution is -0.122. The highest BCUT2D eigenvalue weighted by molar-refractivity contribution is 6.04. The Kier molecular flexibility index (Phi) is 3.78. The molecule has 1 atom stereocenters. The van der Waals surface area contributed by atoms with Crippen LogP contribution >= 0.6 is 0 Å². The molecule has 1 aliphatic heterocycles. The van der Waals surface area contributed by atoms with E-state index in [1.807, 2.05) is 30.3 Å². The van der Waals surface area contributed by atoms with Crippen LogP contribution in [0.25, 0.3) is 10.9 Å². The number of carbonyl (C=O) groups is 3. The molecule has 0 spiro atoms. The maximum absolute atomic E-state index is 11.8. The van der Waals surface area contributed by atoms with E-state index >= 15 is 0 Å². The van der Waals surface area contributed by atoms with Crippen LogP contribution in [0.15, 0.2) is 30.3 Å². The minimum atomic E-state index is -0.619. The third kappa shape index (κ3) is 3.08. The van der Waals surface area contributed by atoms with Gasteiger partial charge in [-0.25, -0.2) is 4.79 Å². The third-order valence-electron chi connectivity index (χ3n) is 3.58. The van der Waals surface area contributed by atoms with E-state index in [1.165, 1.54) is 0 Å². The number of fused-ring (bicyclic) bond motifs is 1. The van der Waals surface area contributed by atoms with Gasteiger partial charge in [0.25, 0.3) is 5.91 Å². The molecule has 1 fully saturated rings. The van der Waals surface area contributed by atoms with E-state index in [2.05, 4.69) is 20.9 Å². The molecule has 1 aromatic heterocycles. The van der Waals surface area contributed by atoms with Crippen LogP contribution in [0.2, 0.25) is 0 Å². The molecule has 1 aromatic carbocycles. The number of benzene rings is 1. The van der Waals surface area contributed by atoms with Crippen LogP contribution in [0.3, 0.4) is 0 Å². The van der Waals surface area contributed by atoms with E-state index in [9.17, 15) is 14.4 Å². The summed E-state index contributed by atoms with van der Waals surface area (Å²) in [6.07, 6.45) is 0.467. The molecule has 114 valence electrons. The molecule has 2 aromatic rings. The van der Waals surface area contributed by atoms with Crippen LogP contribution in [0.5, 0.6) is 0 Å². The highest BCUT2D eigenvalue weighted by Gasteiger charge is 2.29. The van der Waals surface area contributed by atoms with Gasteiger partial charge in [0, 0.05) is 17.6 Å². The number of imide groups is 1. The van der Waals surface area contributed by atoms with Gasteiger partial charge in [-0.1, -0.05) is 18.2 Å². The average Bonchev–Trinajstić information content (AvgIpc) is 3.05. The second-order valence-electron chi connectivity index (χ2n) is 5.21. The number of aromatic nitrogens is 1. The Bertz CT molecular complexity index is 704. The van der Waals surface area contributed by atoms with E-state index < -0.39 is 12.1 Å². The van der Waals surface area contributed by atoms with E-state index in [0.29, 0.717) is 6.54 Å². The first-order chi connectivity index (χ1) is 10.6. The van der Waals surface area contributed by atoms with Crippen LogP contribution in [0.1, 0.15) is 18.5 Å². The average molecular weight is 300 g/mol. The van der Waals surface area contributed by atoms with Crippen molar-refractivity contribution in [3.05, 3.63) is 36.0 Å². The van der Waals surface area contributed by atoms with Gasteiger partial charge in [-0.05, 0) is 23.9 Å². The van der Waals surface area contributed by atoms with Crippen molar-refractivity contribution >= 4 is 28.7 Å². The number of para-hydroxylation sites is 1. The van der Waals surface area contributed by atoms with Crippen molar-refractivity contribution in [1.29, 1.82) is 0 Å². The SMILES string of the molecule is O=C(CC[C@@H]1NC(=O)NC1=O)NCc1cc2ccccc2[nH]1. The molecule has 0 saturated carbocycles. The summed E-state index contributed by atoms with van der Waals surface area (Å²) in [6, 6.07) is 8.74. The van der Waals surface area contributed by atoms with E-state index in [4.69, 9.17) is 0 Å². The first kappa shape index (κ1) is 14.1. The fourth-order valence-corrected chi connectivity index (χ4v) is 2.45. The summed E-state index contributed by atoms with van der Waals surface area (Å²) in [6.45, 7) is 0.400. The van der Waals surface area contributed by atoms with Gasteiger partial charge < -0.3 is 15.6 Å². The number of rotatable bonds is 5. The molecule has 0 radical (unpaired) electrons. The van der Waals surface area contributed by atoms with E-state index in [0.717, 1.165) is 16.6 Å². The molecular weight excluding hydrogens is 284 g/mol. The third-order valence-corrected chi connectivity index (χ3v) is 3.58. The minimum absolute atomic E-state index is 0.160. The lowest BCUT2D eigenvalue weighted by Crippen LogP contribution is -2.31. The number of hydrogen-bond donors (Lipinski definition) is 4. The number of hydrogen-bond acceptors (Lipinski definition) is 3. The Hall–Kier alpha value is -2.83. The molecule has 3 rings (SSSR count). The molecule has 1 saturated heterocycles. The highest BCUT2D eigenvalue weighted by atomic mass is 16.2. The van der Waals surface area contributed by atoms with Gasteiger partial charge >= 0.3 is 6.03 Å². The Labute approximate surface area is 126 Å². The van der Waals surface area contributed by atoms with Crippen LogP contribution < -0.4 is 16.0 Å². The van der Waals surface area contributed by atoms with Gasteiger partial charge in [0.15, 0.2) is 0 Å². The van der Waals surface area contributed by atoms with Crippen molar-refractivity contribution in [2.45, 2.75) is 25.4 Å². The molecule has 22 heavy (non-hydrogen) atoms. The number of nitrogens with one attached hydrogen (secondary N) is 4. The molecule has 0 unspecified atom stereocenters. The van der Waals surface area contributed by atoms with Gasteiger partial charge in [0.2, 0.25) is 5.91 Å². The van der Waals surface area contributed by atoms with Gasteiger partial charge in [-0.3, -0.25) is 14.9 Å². The Morgan fingerprint density at radius 2 is 2.05 bits per heavy atom. The molecule has 4 amide bonds. The second kappa shape index (κ2) is 5.88. The number of H-pyrrole nitrogens is 1. The van der Waals surface area contributed by atoms with Crippen molar-refractivity contribution in [2.75, 3.05) is 0 Å². The highest BCUT2D eigenvalue weighted by Crippen LogP contribution is 2.14. The molecule has 2 heterocycles. The maximum atomic E-state index is 11.8. The fourth-order valence-electron chi connectivity index (χ4n) is 2.45. The molecule has 0 aliphatic carbocycles. The zero-order valence-electron chi connectivity index (χ0n) is 11.8.